The molecule has 8 nitrogen and oxygen atoms in total. The fourth-order valence-electron chi connectivity index (χ4n) is 5.58. The Morgan fingerprint density at radius 1 is 0.892 bits per heavy atom. The molecule has 0 aromatic heterocycles. The van der Waals surface area contributed by atoms with Gasteiger partial charge in [0.1, 0.15) is 34.6 Å². The molecule has 37 heavy (non-hydrogen) atoms. The van der Waals surface area contributed by atoms with Gasteiger partial charge in [0.05, 0.1) is 10.5 Å². The topological polar surface area (TPSA) is 121 Å². The second kappa shape index (κ2) is 8.34. The van der Waals surface area contributed by atoms with Crippen molar-refractivity contribution < 1.29 is 35.1 Å². The molecule has 0 amide bonds. The zero-order valence-corrected chi connectivity index (χ0v) is 21.6. The van der Waals surface area contributed by atoms with Crippen LogP contribution < -0.4 is 19.9 Å². The molecule has 0 aliphatic carbocycles. The van der Waals surface area contributed by atoms with Crippen LogP contribution in [0.1, 0.15) is 35.1 Å². The van der Waals surface area contributed by atoms with E-state index in [4.69, 9.17) is 16.3 Å². The van der Waals surface area contributed by atoms with Crippen LogP contribution >= 0.6 is 11.6 Å². The monoisotopic (exact) mass is 564 g/mol. The first kappa shape index (κ1) is 24.5. The standard InChI is InChI=1S/C25H19ClFNO7S2/c26-22-19(27)8-7-16-21(15-6-5-14(36(29,30)31)12-20(15)37(32,33)34)18-11-13-3-1-9-28-10-2-4-17(23(13)28)24(18)35-25(16)22/h5-8,11-12H,1-4,9-10H2,(H-,29,30,31,32,33,34)/p+1. The predicted molar refractivity (Wildman–Crippen MR) is 132 cm³/mol. The van der Waals surface area contributed by atoms with Crippen molar-refractivity contribution in [2.75, 3.05) is 13.1 Å². The van der Waals surface area contributed by atoms with E-state index in [0.717, 1.165) is 61.0 Å². The smallest absolute Gasteiger partial charge is 0.295 e. The van der Waals surface area contributed by atoms with Gasteiger partial charge in [-0.25, -0.2) is 8.97 Å². The molecule has 0 saturated heterocycles. The third kappa shape index (κ3) is 3.88. The van der Waals surface area contributed by atoms with Crippen LogP contribution in [0.25, 0.3) is 5.57 Å². The molecule has 2 N–H and O–H groups in total. The summed E-state index contributed by atoms with van der Waals surface area (Å²) >= 11 is 6.32. The molecule has 3 heterocycles. The van der Waals surface area contributed by atoms with Crippen LogP contribution in [0.15, 0.2) is 46.2 Å². The van der Waals surface area contributed by atoms with Crippen molar-refractivity contribution in [2.24, 2.45) is 0 Å². The van der Waals surface area contributed by atoms with Gasteiger partial charge in [-0.3, -0.25) is 9.11 Å². The minimum Gasteiger partial charge on any atom is -0.454 e. The zero-order chi connectivity index (χ0) is 26.3. The number of benzene rings is 3. The highest BCUT2D eigenvalue weighted by Crippen LogP contribution is 2.44. The molecule has 3 aromatic rings. The number of rotatable bonds is 3. The summed E-state index contributed by atoms with van der Waals surface area (Å²) in [6.07, 6.45) is 3.28. The molecular formula is C25H20ClFNO7S2+. The molecule has 6 rings (SSSR count). The summed E-state index contributed by atoms with van der Waals surface area (Å²) < 4.78 is 91.1. The molecule has 3 aliphatic heterocycles. The van der Waals surface area contributed by atoms with Crippen LogP contribution in [0.4, 0.5) is 4.39 Å². The minimum atomic E-state index is -4.97. The first-order chi connectivity index (χ1) is 17.4. The van der Waals surface area contributed by atoms with Crippen molar-refractivity contribution in [2.45, 2.75) is 35.5 Å². The van der Waals surface area contributed by atoms with Crippen molar-refractivity contribution in [3.63, 3.8) is 0 Å². The van der Waals surface area contributed by atoms with Crippen LogP contribution in [0.2, 0.25) is 5.02 Å². The maximum Gasteiger partial charge on any atom is 0.295 e. The summed E-state index contributed by atoms with van der Waals surface area (Å²) in [5.41, 5.74) is 2.48. The Kier molecular flexibility index (Phi) is 5.52. The molecule has 3 aromatic carbocycles. The molecular weight excluding hydrogens is 545 g/mol. The van der Waals surface area contributed by atoms with Gasteiger partial charge < -0.3 is 4.74 Å². The van der Waals surface area contributed by atoms with E-state index >= 15 is 0 Å². The van der Waals surface area contributed by atoms with Gasteiger partial charge in [-0.05, 0) is 43.2 Å². The molecule has 0 spiro atoms. The lowest BCUT2D eigenvalue weighted by Crippen LogP contribution is -2.45. The average Bonchev–Trinajstić information content (AvgIpc) is 2.84. The molecule has 3 aliphatic rings. The quantitative estimate of drug-likeness (QED) is 0.290. The molecule has 0 unspecified atom stereocenters. The lowest BCUT2D eigenvalue weighted by atomic mass is 9.87. The number of ether oxygens (including phenoxy) is 1. The van der Waals surface area contributed by atoms with Crippen LogP contribution in [0.3, 0.4) is 0 Å². The first-order valence-corrected chi connectivity index (χ1v) is 14.8. The van der Waals surface area contributed by atoms with E-state index < -0.39 is 35.8 Å². The highest BCUT2D eigenvalue weighted by atomic mass is 35.5. The van der Waals surface area contributed by atoms with Gasteiger partial charge in [0.15, 0.2) is 5.75 Å². The van der Waals surface area contributed by atoms with Gasteiger partial charge in [0, 0.05) is 40.3 Å². The van der Waals surface area contributed by atoms with E-state index in [1.54, 1.807) is 0 Å². The molecule has 0 bridgehead atoms. The fraction of sp³-hybridized carbons (Fsp3) is 0.240. The van der Waals surface area contributed by atoms with Crippen molar-refractivity contribution in [1.29, 1.82) is 0 Å². The Labute approximate surface area is 216 Å². The number of aryl methyl sites for hydroxylation is 1. The first-order valence-electron chi connectivity index (χ1n) is 11.5. The molecule has 0 saturated carbocycles. The van der Waals surface area contributed by atoms with E-state index in [2.05, 4.69) is 4.58 Å². The highest BCUT2D eigenvalue weighted by molar-refractivity contribution is 7.86. The summed E-state index contributed by atoms with van der Waals surface area (Å²) in [5.74, 6) is -0.317. The van der Waals surface area contributed by atoms with Gasteiger partial charge in [0.25, 0.3) is 20.2 Å². The number of hydrogen-bond donors (Lipinski definition) is 2. The van der Waals surface area contributed by atoms with Crippen molar-refractivity contribution >= 4 is 37.4 Å². The van der Waals surface area contributed by atoms with Gasteiger partial charge in [-0.2, -0.15) is 16.8 Å². The lowest BCUT2D eigenvalue weighted by Gasteiger charge is -2.27. The van der Waals surface area contributed by atoms with E-state index in [-0.39, 0.29) is 27.5 Å². The maximum absolute atomic E-state index is 14.5. The third-order valence-electron chi connectivity index (χ3n) is 7.06. The Morgan fingerprint density at radius 2 is 1.59 bits per heavy atom. The second-order valence-corrected chi connectivity index (χ2v) is 12.4. The van der Waals surface area contributed by atoms with E-state index in [1.165, 1.54) is 12.1 Å². The van der Waals surface area contributed by atoms with Gasteiger partial charge in [0.2, 0.25) is 5.36 Å². The summed E-state index contributed by atoms with van der Waals surface area (Å²) in [5, 5.41) is 1.29. The number of hydrogen-bond acceptors (Lipinski definition) is 5. The van der Waals surface area contributed by atoms with Crippen molar-refractivity contribution in [3.05, 3.63) is 80.1 Å². The summed E-state index contributed by atoms with van der Waals surface area (Å²) in [7, 11) is -9.75. The Hall–Kier alpha value is -2.83. The molecule has 12 heteroatoms. The van der Waals surface area contributed by atoms with Gasteiger partial charge >= 0.3 is 0 Å². The van der Waals surface area contributed by atoms with Crippen LogP contribution in [0.5, 0.6) is 11.5 Å². The Bertz CT molecular complexity index is 1880. The maximum atomic E-state index is 14.5. The van der Waals surface area contributed by atoms with Gasteiger partial charge in [-0.15, -0.1) is 0 Å². The molecule has 0 radical (unpaired) electrons. The van der Waals surface area contributed by atoms with E-state index in [0.29, 0.717) is 23.5 Å². The van der Waals surface area contributed by atoms with Gasteiger partial charge in [-0.1, -0.05) is 17.7 Å². The molecule has 0 atom stereocenters. The fourth-order valence-corrected chi connectivity index (χ4v) is 7.09. The number of fused-ring (bicyclic) bond motifs is 3. The molecule has 0 fully saturated rings. The van der Waals surface area contributed by atoms with Crippen molar-refractivity contribution in [1.82, 2.24) is 4.58 Å². The van der Waals surface area contributed by atoms with E-state index in [1.807, 2.05) is 6.07 Å². The van der Waals surface area contributed by atoms with Crippen LogP contribution in [-0.4, -0.2) is 39.0 Å². The summed E-state index contributed by atoms with van der Waals surface area (Å²) in [6.45, 7) is 1.79. The largest absolute Gasteiger partial charge is 0.454 e. The van der Waals surface area contributed by atoms with Crippen LogP contribution in [0, 0.1) is 5.82 Å². The summed E-state index contributed by atoms with van der Waals surface area (Å²) in [6, 6.07) is 7.35. The third-order valence-corrected chi connectivity index (χ3v) is 9.16. The van der Waals surface area contributed by atoms with Crippen LogP contribution in [-0.2, 0) is 33.1 Å². The number of nitrogens with zero attached hydrogens (tertiary/aromatic N) is 1. The minimum absolute atomic E-state index is 0.00607. The normalized spacial score (nSPS) is 16.5. The zero-order valence-electron chi connectivity index (χ0n) is 19.2. The predicted octanol–water partition coefficient (Wildman–Crippen LogP) is 2.71. The highest BCUT2D eigenvalue weighted by Gasteiger charge is 2.34. The Balaban J connectivity index is 1.82. The number of halogens is 2. The SMILES string of the molecule is O=S(=O)(O)c1ccc(C2=c3cc4c5c(c3Oc3c2ccc(F)c3Cl)CCC[N+]=5CCC4)c(S(=O)(=O)O)c1. The lowest BCUT2D eigenvalue weighted by molar-refractivity contribution is 0.434. The summed E-state index contributed by atoms with van der Waals surface area (Å²) in [4.78, 5) is -1.44. The second-order valence-electron chi connectivity index (χ2n) is 9.26. The van der Waals surface area contributed by atoms with Crippen molar-refractivity contribution in [3.8, 4) is 11.5 Å². The molecule has 192 valence electrons. The average molecular weight is 565 g/mol. The Morgan fingerprint density at radius 3 is 2.30 bits per heavy atom. The van der Waals surface area contributed by atoms with E-state index in [9.17, 15) is 30.3 Å².